The third kappa shape index (κ3) is 1.72. The monoisotopic (exact) mass is 271 g/mol. The van der Waals surface area contributed by atoms with Crippen LogP contribution in [0.15, 0.2) is 16.6 Å². The summed E-state index contributed by atoms with van der Waals surface area (Å²) in [5.41, 5.74) is 7.82. The van der Waals surface area contributed by atoms with E-state index in [1.54, 1.807) is 6.92 Å². The van der Waals surface area contributed by atoms with Gasteiger partial charge in [-0.2, -0.15) is 0 Å². The lowest BCUT2D eigenvalue weighted by molar-refractivity contribution is 0.252. The Bertz CT molecular complexity index is 357. The van der Waals surface area contributed by atoms with E-state index in [4.69, 9.17) is 5.73 Å². The first kappa shape index (κ1) is 11.1. The Balaban J connectivity index is 2.45. The standard InChI is InChI=1S/C12H15BrFN/c1-8-5-9(6-10(13)11(8)14)12(7-15)3-2-4-12/h5-6H,2-4,7,15H2,1H3. The van der Waals surface area contributed by atoms with Crippen molar-refractivity contribution in [2.75, 3.05) is 6.54 Å². The summed E-state index contributed by atoms with van der Waals surface area (Å²) < 4.78 is 14.0. The van der Waals surface area contributed by atoms with Gasteiger partial charge in [0.15, 0.2) is 0 Å². The predicted molar refractivity (Wildman–Crippen MR) is 63.4 cm³/mol. The summed E-state index contributed by atoms with van der Waals surface area (Å²) in [4.78, 5) is 0. The zero-order valence-corrected chi connectivity index (χ0v) is 10.4. The maximum atomic E-state index is 13.4. The van der Waals surface area contributed by atoms with Crippen LogP contribution in [0.1, 0.15) is 30.4 Å². The molecule has 0 aromatic heterocycles. The van der Waals surface area contributed by atoms with Gasteiger partial charge in [-0.1, -0.05) is 12.5 Å². The van der Waals surface area contributed by atoms with E-state index in [-0.39, 0.29) is 11.2 Å². The Hall–Kier alpha value is -0.410. The predicted octanol–water partition coefficient (Wildman–Crippen LogP) is 3.28. The van der Waals surface area contributed by atoms with Crippen molar-refractivity contribution in [1.29, 1.82) is 0 Å². The van der Waals surface area contributed by atoms with Gasteiger partial charge in [-0.15, -0.1) is 0 Å². The third-order valence-electron chi connectivity index (χ3n) is 3.52. The molecular formula is C12H15BrFN. The molecule has 0 spiro atoms. The smallest absolute Gasteiger partial charge is 0.140 e. The molecule has 1 nitrogen and oxygen atoms in total. The lowest BCUT2D eigenvalue weighted by Gasteiger charge is -2.41. The molecular weight excluding hydrogens is 257 g/mol. The van der Waals surface area contributed by atoms with E-state index < -0.39 is 0 Å². The molecule has 1 aliphatic carbocycles. The van der Waals surface area contributed by atoms with Crippen LogP contribution in [0.25, 0.3) is 0 Å². The largest absolute Gasteiger partial charge is 0.330 e. The molecule has 1 aromatic rings. The number of hydrogen-bond acceptors (Lipinski definition) is 1. The van der Waals surface area contributed by atoms with E-state index >= 15 is 0 Å². The van der Waals surface area contributed by atoms with Gasteiger partial charge in [0, 0.05) is 12.0 Å². The van der Waals surface area contributed by atoms with Gasteiger partial charge in [0.2, 0.25) is 0 Å². The highest BCUT2D eigenvalue weighted by atomic mass is 79.9. The molecule has 0 heterocycles. The lowest BCUT2D eigenvalue weighted by atomic mass is 9.64. The number of aryl methyl sites for hydroxylation is 1. The van der Waals surface area contributed by atoms with Crippen molar-refractivity contribution in [3.63, 3.8) is 0 Å². The highest BCUT2D eigenvalue weighted by Crippen LogP contribution is 2.44. The van der Waals surface area contributed by atoms with Gasteiger partial charge >= 0.3 is 0 Å². The van der Waals surface area contributed by atoms with Crippen LogP contribution < -0.4 is 5.73 Å². The average molecular weight is 272 g/mol. The molecule has 1 aliphatic rings. The molecule has 2 N–H and O–H groups in total. The summed E-state index contributed by atoms with van der Waals surface area (Å²) in [5, 5.41) is 0. The Kier molecular flexibility index (Phi) is 2.86. The molecule has 0 atom stereocenters. The van der Waals surface area contributed by atoms with Crippen LogP contribution in [-0.4, -0.2) is 6.54 Å². The molecule has 0 saturated heterocycles. The van der Waals surface area contributed by atoms with E-state index in [1.807, 2.05) is 12.1 Å². The molecule has 0 unspecified atom stereocenters. The molecule has 3 heteroatoms. The van der Waals surface area contributed by atoms with Crippen molar-refractivity contribution < 1.29 is 4.39 Å². The molecule has 0 radical (unpaired) electrons. The van der Waals surface area contributed by atoms with E-state index in [0.29, 0.717) is 16.6 Å². The first-order valence-electron chi connectivity index (χ1n) is 5.25. The Morgan fingerprint density at radius 1 is 1.47 bits per heavy atom. The first-order chi connectivity index (χ1) is 7.09. The Morgan fingerprint density at radius 3 is 2.53 bits per heavy atom. The molecule has 1 aromatic carbocycles. The number of rotatable bonds is 2. The van der Waals surface area contributed by atoms with Gasteiger partial charge in [0.25, 0.3) is 0 Å². The molecule has 0 bridgehead atoms. The minimum Gasteiger partial charge on any atom is -0.330 e. The van der Waals surface area contributed by atoms with Gasteiger partial charge in [-0.05, 0) is 52.9 Å². The van der Waals surface area contributed by atoms with Crippen LogP contribution >= 0.6 is 15.9 Å². The number of nitrogens with two attached hydrogens (primary N) is 1. The zero-order chi connectivity index (χ0) is 11.1. The van der Waals surface area contributed by atoms with Crippen molar-refractivity contribution in [2.45, 2.75) is 31.6 Å². The maximum absolute atomic E-state index is 13.4. The molecule has 0 amide bonds. The highest BCUT2D eigenvalue weighted by molar-refractivity contribution is 9.10. The lowest BCUT2D eigenvalue weighted by Crippen LogP contribution is -2.41. The van der Waals surface area contributed by atoms with E-state index in [0.717, 1.165) is 12.8 Å². The van der Waals surface area contributed by atoms with Gasteiger partial charge in [-0.3, -0.25) is 0 Å². The van der Waals surface area contributed by atoms with Crippen LogP contribution in [0, 0.1) is 12.7 Å². The van der Waals surface area contributed by atoms with Crippen LogP contribution in [0.3, 0.4) is 0 Å². The topological polar surface area (TPSA) is 26.0 Å². The van der Waals surface area contributed by atoms with Crippen molar-refractivity contribution in [1.82, 2.24) is 0 Å². The average Bonchev–Trinajstić information content (AvgIpc) is 2.13. The van der Waals surface area contributed by atoms with Crippen LogP contribution in [0.2, 0.25) is 0 Å². The van der Waals surface area contributed by atoms with Crippen molar-refractivity contribution >= 4 is 15.9 Å². The SMILES string of the molecule is Cc1cc(C2(CN)CCC2)cc(Br)c1F. The van der Waals surface area contributed by atoms with Crippen molar-refractivity contribution in [2.24, 2.45) is 5.73 Å². The Labute approximate surface area is 98.0 Å². The summed E-state index contributed by atoms with van der Waals surface area (Å²) in [6.07, 6.45) is 3.48. The minimum atomic E-state index is -0.162. The number of benzene rings is 1. The fourth-order valence-corrected chi connectivity index (χ4v) is 2.81. The third-order valence-corrected chi connectivity index (χ3v) is 4.10. The van der Waals surface area contributed by atoms with E-state index in [2.05, 4.69) is 15.9 Å². The summed E-state index contributed by atoms with van der Waals surface area (Å²) in [7, 11) is 0. The molecule has 0 aliphatic heterocycles. The van der Waals surface area contributed by atoms with Gasteiger partial charge < -0.3 is 5.73 Å². The highest BCUT2D eigenvalue weighted by Gasteiger charge is 2.37. The molecule has 1 saturated carbocycles. The summed E-state index contributed by atoms with van der Waals surface area (Å²) >= 11 is 3.26. The molecule has 15 heavy (non-hydrogen) atoms. The van der Waals surface area contributed by atoms with Crippen LogP contribution in [0.4, 0.5) is 4.39 Å². The van der Waals surface area contributed by atoms with E-state index in [9.17, 15) is 4.39 Å². The molecule has 82 valence electrons. The van der Waals surface area contributed by atoms with Crippen molar-refractivity contribution in [3.8, 4) is 0 Å². The van der Waals surface area contributed by atoms with E-state index in [1.165, 1.54) is 12.0 Å². The van der Waals surface area contributed by atoms with Crippen LogP contribution in [0.5, 0.6) is 0 Å². The summed E-state index contributed by atoms with van der Waals surface area (Å²) in [5.74, 6) is -0.162. The maximum Gasteiger partial charge on any atom is 0.140 e. The normalized spacial score (nSPS) is 18.7. The fraction of sp³-hybridized carbons (Fsp3) is 0.500. The van der Waals surface area contributed by atoms with Gasteiger partial charge in [0.1, 0.15) is 5.82 Å². The molecule has 1 fully saturated rings. The quantitative estimate of drug-likeness (QED) is 0.878. The van der Waals surface area contributed by atoms with Gasteiger partial charge in [-0.25, -0.2) is 4.39 Å². The van der Waals surface area contributed by atoms with Gasteiger partial charge in [0.05, 0.1) is 4.47 Å². The number of halogens is 2. The first-order valence-corrected chi connectivity index (χ1v) is 6.04. The minimum absolute atomic E-state index is 0.112. The second-order valence-electron chi connectivity index (χ2n) is 4.43. The van der Waals surface area contributed by atoms with Crippen LogP contribution in [-0.2, 0) is 5.41 Å². The second kappa shape index (κ2) is 3.87. The summed E-state index contributed by atoms with van der Waals surface area (Å²) in [6.45, 7) is 2.46. The zero-order valence-electron chi connectivity index (χ0n) is 8.82. The number of hydrogen-bond donors (Lipinski definition) is 1. The second-order valence-corrected chi connectivity index (χ2v) is 5.28. The van der Waals surface area contributed by atoms with Crippen molar-refractivity contribution in [3.05, 3.63) is 33.5 Å². The summed E-state index contributed by atoms with van der Waals surface area (Å²) in [6, 6.07) is 3.82. The fourth-order valence-electron chi connectivity index (χ4n) is 2.25. The molecule has 2 rings (SSSR count). The Morgan fingerprint density at radius 2 is 2.13 bits per heavy atom.